The van der Waals surface area contributed by atoms with Crippen LogP contribution in [0.2, 0.25) is 0 Å². The van der Waals surface area contributed by atoms with E-state index in [1.54, 1.807) is 14.2 Å². The molecule has 0 aromatic heterocycles. The van der Waals surface area contributed by atoms with Crippen molar-refractivity contribution in [3.63, 3.8) is 0 Å². The third-order valence-electron chi connectivity index (χ3n) is 4.53. The summed E-state index contributed by atoms with van der Waals surface area (Å²) in [5.74, 6) is 1.88. The lowest BCUT2D eigenvalue weighted by atomic mass is 9.84. The van der Waals surface area contributed by atoms with Crippen LogP contribution >= 0.6 is 0 Å². The van der Waals surface area contributed by atoms with Gasteiger partial charge in [-0.1, -0.05) is 65.8 Å². The van der Waals surface area contributed by atoms with E-state index in [4.69, 9.17) is 9.47 Å². The molecular weight excluding hydrogens is 320 g/mol. The van der Waals surface area contributed by atoms with Crippen molar-refractivity contribution in [3.05, 3.63) is 58.7 Å². The van der Waals surface area contributed by atoms with E-state index in [1.165, 1.54) is 22.3 Å². The minimum atomic E-state index is 0.0364. The van der Waals surface area contributed by atoms with Gasteiger partial charge in [-0.2, -0.15) is 0 Å². The van der Waals surface area contributed by atoms with Crippen molar-refractivity contribution in [3.8, 4) is 11.5 Å². The van der Waals surface area contributed by atoms with Crippen LogP contribution in [-0.4, -0.2) is 14.2 Å². The zero-order valence-corrected chi connectivity index (χ0v) is 17.4. The summed E-state index contributed by atoms with van der Waals surface area (Å²) in [7, 11) is 3.46. The molecule has 0 N–H and O–H groups in total. The van der Waals surface area contributed by atoms with Crippen molar-refractivity contribution in [1.82, 2.24) is 0 Å². The molecule has 2 aromatic rings. The van der Waals surface area contributed by atoms with Crippen LogP contribution < -0.4 is 9.47 Å². The highest BCUT2D eigenvalue weighted by molar-refractivity contribution is 5.71. The van der Waals surface area contributed by atoms with Gasteiger partial charge in [0.15, 0.2) is 0 Å². The Bertz CT molecular complexity index is 719. The van der Waals surface area contributed by atoms with E-state index in [9.17, 15) is 0 Å². The van der Waals surface area contributed by atoms with Crippen molar-refractivity contribution in [2.24, 2.45) is 0 Å². The molecule has 0 amide bonds. The molecule has 0 saturated heterocycles. The van der Waals surface area contributed by atoms with Gasteiger partial charge < -0.3 is 9.47 Å². The molecule has 0 unspecified atom stereocenters. The Morgan fingerprint density at radius 1 is 0.615 bits per heavy atom. The molecule has 0 spiro atoms. The van der Waals surface area contributed by atoms with Gasteiger partial charge in [-0.3, -0.25) is 0 Å². The summed E-state index contributed by atoms with van der Waals surface area (Å²) in [5.41, 5.74) is 4.84. The van der Waals surface area contributed by atoms with Gasteiger partial charge in [0.2, 0.25) is 0 Å². The van der Waals surface area contributed by atoms with Gasteiger partial charge >= 0.3 is 0 Å². The van der Waals surface area contributed by atoms with Gasteiger partial charge in [-0.25, -0.2) is 0 Å². The van der Waals surface area contributed by atoms with E-state index in [-0.39, 0.29) is 10.8 Å². The number of benzene rings is 2. The summed E-state index contributed by atoms with van der Waals surface area (Å²) in [5, 5.41) is 0. The van der Waals surface area contributed by atoms with Gasteiger partial charge in [0.25, 0.3) is 0 Å². The Morgan fingerprint density at radius 2 is 0.962 bits per heavy atom. The fraction of sp³-hybridized carbons (Fsp3) is 0.417. The fourth-order valence-electron chi connectivity index (χ4n) is 3.02. The second-order valence-corrected chi connectivity index (χ2v) is 8.75. The summed E-state index contributed by atoms with van der Waals surface area (Å²) in [6, 6.07) is 12.7. The standard InChI is InChI=1S/C24H32O2/c1-23(2,3)19-15-17(11-13-21(19)25-7)9-10-18-12-14-22(26-8)20(16-18)24(4,5)6/h9-16H,1-8H3. The monoisotopic (exact) mass is 352 g/mol. The topological polar surface area (TPSA) is 18.5 Å². The Hall–Kier alpha value is -2.22. The lowest BCUT2D eigenvalue weighted by Gasteiger charge is -2.23. The molecule has 2 rings (SSSR count). The highest BCUT2D eigenvalue weighted by Gasteiger charge is 2.20. The number of rotatable bonds is 4. The summed E-state index contributed by atoms with van der Waals surface area (Å²) >= 11 is 0. The van der Waals surface area contributed by atoms with Gasteiger partial charge in [0, 0.05) is 11.1 Å². The molecule has 140 valence electrons. The average molecular weight is 353 g/mol. The summed E-state index contributed by atoms with van der Waals surface area (Å²) < 4.78 is 11.1. The van der Waals surface area contributed by atoms with Crippen molar-refractivity contribution < 1.29 is 9.47 Å². The predicted octanol–water partition coefficient (Wildman–Crippen LogP) is 6.47. The summed E-state index contributed by atoms with van der Waals surface area (Å²) in [6.45, 7) is 13.2. The molecule has 2 nitrogen and oxygen atoms in total. The molecule has 2 aromatic carbocycles. The third kappa shape index (κ3) is 4.69. The highest BCUT2D eigenvalue weighted by Crippen LogP contribution is 2.34. The lowest BCUT2D eigenvalue weighted by molar-refractivity contribution is 0.397. The van der Waals surface area contributed by atoms with Gasteiger partial charge in [-0.05, 0) is 46.2 Å². The lowest BCUT2D eigenvalue weighted by Crippen LogP contribution is -2.13. The Labute approximate surface area is 158 Å². The van der Waals surface area contributed by atoms with E-state index >= 15 is 0 Å². The second-order valence-electron chi connectivity index (χ2n) is 8.75. The normalized spacial score (nSPS) is 12.5. The summed E-state index contributed by atoms with van der Waals surface area (Å²) in [4.78, 5) is 0. The van der Waals surface area contributed by atoms with Crippen LogP contribution in [0.1, 0.15) is 63.8 Å². The van der Waals surface area contributed by atoms with Crippen LogP contribution in [0.3, 0.4) is 0 Å². The van der Waals surface area contributed by atoms with Crippen molar-refractivity contribution in [2.75, 3.05) is 14.2 Å². The van der Waals surface area contributed by atoms with Crippen LogP contribution in [0, 0.1) is 0 Å². The molecule has 0 aliphatic heterocycles. The van der Waals surface area contributed by atoms with Crippen molar-refractivity contribution in [2.45, 2.75) is 52.4 Å². The Kier molecular flexibility index (Phi) is 5.85. The average Bonchev–Trinajstić information content (AvgIpc) is 2.58. The van der Waals surface area contributed by atoms with Gasteiger partial charge in [0.05, 0.1) is 14.2 Å². The minimum absolute atomic E-state index is 0.0364. The highest BCUT2D eigenvalue weighted by atomic mass is 16.5. The smallest absolute Gasteiger partial charge is 0.122 e. The maximum absolute atomic E-state index is 5.53. The van der Waals surface area contributed by atoms with Gasteiger partial charge in [-0.15, -0.1) is 0 Å². The summed E-state index contributed by atoms with van der Waals surface area (Å²) in [6.07, 6.45) is 4.31. The minimum Gasteiger partial charge on any atom is -0.496 e. The second kappa shape index (κ2) is 7.57. The van der Waals surface area contributed by atoms with Crippen LogP contribution in [-0.2, 0) is 10.8 Å². The molecular formula is C24H32O2. The number of hydrogen-bond donors (Lipinski definition) is 0. The zero-order chi connectivity index (χ0) is 19.5. The van der Waals surface area contributed by atoms with Crippen LogP contribution in [0.15, 0.2) is 36.4 Å². The quantitative estimate of drug-likeness (QED) is 0.587. The molecule has 0 radical (unpaired) electrons. The van der Waals surface area contributed by atoms with E-state index < -0.39 is 0 Å². The number of hydrogen-bond acceptors (Lipinski definition) is 2. The molecule has 2 heteroatoms. The first-order valence-electron chi connectivity index (χ1n) is 9.11. The van der Waals surface area contributed by atoms with Crippen LogP contribution in [0.25, 0.3) is 12.2 Å². The van der Waals surface area contributed by atoms with E-state index in [0.29, 0.717) is 0 Å². The molecule has 0 atom stereocenters. The van der Waals surface area contributed by atoms with Crippen molar-refractivity contribution in [1.29, 1.82) is 0 Å². The third-order valence-corrected chi connectivity index (χ3v) is 4.53. The van der Waals surface area contributed by atoms with E-state index in [1.807, 2.05) is 0 Å². The Balaban J connectivity index is 2.39. The molecule has 0 heterocycles. The SMILES string of the molecule is COc1ccc(C=Cc2ccc(OC)c(C(C)(C)C)c2)cc1C(C)(C)C. The van der Waals surface area contributed by atoms with Crippen LogP contribution in [0.4, 0.5) is 0 Å². The fourth-order valence-corrected chi connectivity index (χ4v) is 3.02. The van der Waals surface area contributed by atoms with Crippen LogP contribution in [0.5, 0.6) is 11.5 Å². The molecule has 26 heavy (non-hydrogen) atoms. The predicted molar refractivity (Wildman–Crippen MR) is 112 cm³/mol. The Morgan fingerprint density at radius 3 is 1.23 bits per heavy atom. The number of methoxy groups -OCH3 is 2. The first-order chi connectivity index (χ1) is 12.1. The van der Waals surface area contributed by atoms with E-state index in [0.717, 1.165) is 11.5 Å². The first-order valence-corrected chi connectivity index (χ1v) is 9.11. The molecule has 0 bridgehead atoms. The molecule has 0 saturated carbocycles. The largest absolute Gasteiger partial charge is 0.496 e. The van der Waals surface area contributed by atoms with E-state index in [2.05, 4.69) is 90.1 Å². The maximum atomic E-state index is 5.53. The first kappa shape index (κ1) is 20.1. The van der Waals surface area contributed by atoms with Gasteiger partial charge in [0.1, 0.15) is 11.5 Å². The maximum Gasteiger partial charge on any atom is 0.122 e. The van der Waals surface area contributed by atoms with Crippen molar-refractivity contribution >= 4 is 12.2 Å². The zero-order valence-electron chi connectivity index (χ0n) is 17.4. The molecule has 0 aliphatic rings. The molecule has 0 aliphatic carbocycles. The molecule has 0 fully saturated rings. The number of ether oxygens (including phenoxy) is 2.